The molecule has 0 spiro atoms. The summed E-state index contributed by atoms with van der Waals surface area (Å²) in [4.78, 5) is 1.89. The predicted molar refractivity (Wildman–Crippen MR) is 83.9 cm³/mol. The van der Waals surface area contributed by atoms with Crippen molar-refractivity contribution in [3.05, 3.63) is 58.3 Å². The lowest BCUT2D eigenvalue weighted by molar-refractivity contribution is 0.198. The van der Waals surface area contributed by atoms with E-state index < -0.39 is 6.10 Å². The van der Waals surface area contributed by atoms with Gasteiger partial charge in [-0.25, -0.2) is 4.39 Å². The van der Waals surface area contributed by atoms with Gasteiger partial charge in [-0.2, -0.15) is 0 Å². The Bertz CT molecular complexity index is 601. The molecule has 1 unspecified atom stereocenters. The highest BCUT2D eigenvalue weighted by atomic mass is 79.9. The molecule has 0 aliphatic heterocycles. The third-order valence-electron chi connectivity index (χ3n) is 3.21. The number of halogens is 2. The van der Waals surface area contributed by atoms with Crippen molar-refractivity contribution in [1.82, 2.24) is 0 Å². The number of para-hydroxylation sites is 1. The molecule has 1 N–H and O–H groups in total. The fraction of sp³-hybridized carbons (Fsp3) is 0.250. The van der Waals surface area contributed by atoms with Crippen LogP contribution in [0.2, 0.25) is 0 Å². The van der Waals surface area contributed by atoms with Crippen LogP contribution in [0.3, 0.4) is 0 Å². The van der Waals surface area contributed by atoms with E-state index in [9.17, 15) is 9.50 Å². The molecule has 0 saturated carbocycles. The smallest absolute Gasteiger partial charge is 0.146 e. The second-order valence-electron chi connectivity index (χ2n) is 4.58. The summed E-state index contributed by atoms with van der Waals surface area (Å²) in [5.74, 6) is -0.245. The largest absolute Gasteiger partial charge is 0.389 e. The van der Waals surface area contributed by atoms with Crippen LogP contribution < -0.4 is 4.90 Å². The number of aliphatic hydroxyl groups excluding tert-OH is 1. The van der Waals surface area contributed by atoms with Crippen molar-refractivity contribution in [2.24, 2.45) is 0 Å². The average molecular weight is 338 g/mol. The molecule has 0 saturated heterocycles. The normalized spacial score (nSPS) is 12.2. The Balaban J connectivity index is 2.43. The number of anilines is 2. The molecule has 1 atom stereocenters. The minimum atomic E-state index is -0.540. The minimum absolute atomic E-state index is 0.245. The number of hydrogen-bond donors (Lipinski definition) is 1. The van der Waals surface area contributed by atoms with Gasteiger partial charge < -0.3 is 10.0 Å². The van der Waals surface area contributed by atoms with Crippen molar-refractivity contribution < 1.29 is 9.50 Å². The molecule has 2 nitrogen and oxygen atoms in total. The average Bonchev–Trinajstić information content (AvgIpc) is 2.41. The van der Waals surface area contributed by atoms with Crippen molar-refractivity contribution >= 4 is 27.3 Å². The fourth-order valence-corrected chi connectivity index (χ4v) is 2.88. The van der Waals surface area contributed by atoms with Gasteiger partial charge in [-0.3, -0.25) is 0 Å². The van der Waals surface area contributed by atoms with Gasteiger partial charge in [0.15, 0.2) is 0 Å². The summed E-state index contributed by atoms with van der Waals surface area (Å²) in [6.07, 6.45) is -0.540. The molecule has 0 fully saturated rings. The van der Waals surface area contributed by atoms with Crippen molar-refractivity contribution in [2.75, 3.05) is 11.4 Å². The molecule has 0 aromatic heterocycles. The fourth-order valence-electron chi connectivity index (χ4n) is 2.19. The SMILES string of the molecule is CCN(c1ccc(C(C)O)c(Br)c1)c1ccccc1F. The predicted octanol–water partition coefficient (Wildman–Crippen LogP) is 4.80. The first-order chi connectivity index (χ1) is 9.54. The summed E-state index contributed by atoms with van der Waals surface area (Å²) in [5.41, 5.74) is 2.25. The quantitative estimate of drug-likeness (QED) is 0.866. The van der Waals surface area contributed by atoms with Crippen LogP contribution in [0.4, 0.5) is 15.8 Å². The number of nitrogens with zero attached hydrogens (tertiary/aromatic N) is 1. The molecular weight excluding hydrogens is 321 g/mol. The van der Waals surface area contributed by atoms with Gasteiger partial charge in [0.05, 0.1) is 11.8 Å². The van der Waals surface area contributed by atoms with E-state index in [2.05, 4.69) is 15.9 Å². The second kappa shape index (κ2) is 6.37. The molecule has 2 aromatic carbocycles. The zero-order chi connectivity index (χ0) is 14.7. The molecule has 0 amide bonds. The standard InChI is InChI=1S/C16H17BrFNO/c1-3-19(16-7-5-4-6-15(16)18)12-8-9-13(11(2)20)14(17)10-12/h4-11,20H,3H2,1-2H3. The lowest BCUT2D eigenvalue weighted by atomic mass is 10.1. The first-order valence-corrected chi connectivity index (χ1v) is 7.33. The Kier molecular flexibility index (Phi) is 4.78. The maximum Gasteiger partial charge on any atom is 0.146 e. The Morgan fingerprint density at radius 3 is 2.50 bits per heavy atom. The highest BCUT2D eigenvalue weighted by Crippen LogP contribution is 2.32. The van der Waals surface area contributed by atoms with Gasteiger partial charge in [-0.1, -0.05) is 34.1 Å². The summed E-state index contributed by atoms with van der Waals surface area (Å²) < 4.78 is 14.7. The summed E-state index contributed by atoms with van der Waals surface area (Å²) in [5, 5.41) is 9.65. The van der Waals surface area contributed by atoms with E-state index in [-0.39, 0.29) is 5.82 Å². The molecule has 4 heteroatoms. The van der Waals surface area contributed by atoms with Crippen molar-refractivity contribution in [2.45, 2.75) is 20.0 Å². The molecule has 0 bridgehead atoms. The van der Waals surface area contributed by atoms with Crippen molar-refractivity contribution in [3.8, 4) is 0 Å². The molecule has 106 valence electrons. The molecule has 0 heterocycles. The van der Waals surface area contributed by atoms with E-state index >= 15 is 0 Å². The van der Waals surface area contributed by atoms with Crippen LogP contribution in [-0.4, -0.2) is 11.7 Å². The van der Waals surface area contributed by atoms with E-state index in [1.54, 1.807) is 19.1 Å². The van der Waals surface area contributed by atoms with Crippen LogP contribution in [0, 0.1) is 5.82 Å². The Hall–Kier alpha value is -1.39. The van der Waals surface area contributed by atoms with Gasteiger partial charge in [0, 0.05) is 16.7 Å². The van der Waals surface area contributed by atoms with Gasteiger partial charge >= 0.3 is 0 Å². The van der Waals surface area contributed by atoms with E-state index in [0.717, 1.165) is 15.7 Å². The van der Waals surface area contributed by atoms with Crippen LogP contribution in [0.5, 0.6) is 0 Å². The van der Waals surface area contributed by atoms with E-state index in [1.807, 2.05) is 36.1 Å². The zero-order valence-electron chi connectivity index (χ0n) is 11.5. The van der Waals surface area contributed by atoms with Crippen LogP contribution >= 0.6 is 15.9 Å². The van der Waals surface area contributed by atoms with Crippen LogP contribution in [0.25, 0.3) is 0 Å². The number of rotatable bonds is 4. The molecule has 0 aliphatic carbocycles. The molecule has 2 rings (SSSR count). The number of aliphatic hydroxyl groups is 1. The Morgan fingerprint density at radius 1 is 1.25 bits per heavy atom. The van der Waals surface area contributed by atoms with Gasteiger partial charge in [-0.05, 0) is 43.7 Å². The van der Waals surface area contributed by atoms with E-state index in [1.165, 1.54) is 6.07 Å². The lowest BCUT2D eigenvalue weighted by Gasteiger charge is -2.24. The number of hydrogen-bond acceptors (Lipinski definition) is 2. The van der Waals surface area contributed by atoms with Gasteiger partial charge in [0.2, 0.25) is 0 Å². The van der Waals surface area contributed by atoms with Crippen molar-refractivity contribution in [3.63, 3.8) is 0 Å². The maximum absolute atomic E-state index is 13.9. The Morgan fingerprint density at radius 2 is 1.95 bits per heavy atom. The van der Waals surface area contributed by atoms with Gasteiger partial charge in [0.25, 0.3) is 0 Å². The summed E-state index contributed by atoms with van der Waals surface area (Å²) in [6, 6.07) is 12.4. The van der Waals surface area contributed by atoms with Crippen molar-refractivity contribution in [1.29, 1.82) is 0 Å². The van der Waals surface area contributed by atoms with E-state index in [0.29, 0.717) is 12.2 Å². The number of benzene rings is 2. The van der Waals surface area contributed by atoms with E-state index in [4.69, 9.17) is 0 Å². The first-order valence-electron chi connectivity index (χ1n) is 6.54. The summed E-state index contributed by atoms with van der Waals surface area (Å²) in [7, 11) is 0. The Labute approximate surface area is 127 Å². The highest BCUT2D eigenvalue weighted by Gasteiger charge is 2.14. The first kappa shape index (κ1) is 15.0. The maximum atomic E-state index is 13.9. The third-order valence-corrected chi connectivity index (χ3v) is 3.89. The van der Waals surface area contributed by atoms with Gasteiger partial charge in [-0.15, -0.1) is 0 Å². The molecular formula is C16H17BrFNO. The second-order valence-corrected chi connectivity index (χ2v) is 5.43. The monoisotopic (exact) mass is 337 g/mol. The van der Waals surface area contributed by atoms with Crippen LogP contribution in [0.15, 0.2) is 46.9 Å². The highest BCUT2D eigenvalue weighted by molar-refractivity contribution is 9.10. The summed E-state index contributed by atoms with van der Waals surface area (Å²) in [6.45, 7) is 4.35. The molecule has 0 radical (unpaired) electrons. The molecule has 0 aliphatic rings. The molecule has 20 heavy (non-hydrogen) atoms. The minimum Gasteiger partial charge on any atom is -0.389 e. The topological polar surface area (TPSA) is 23.5 Å². The zero-order valence-corrected chi connectivity index (χ0v) is 13.1. The van der Waals surface area contributed by atoms with Crippen LogP contribution in [-0.2, 0) is 0 Å². The molecule has 2 aromatic rings. The van der Waals surface area contributed by atoms with Crippen LogP contribution in [0.1, 0.15) is 25.5 Å². The lowest BCUT2D eigenvalue weighted by Crippen LogP contribution is -2.17. The van der Waals surface area contributed by atoms with Gasteiger partial charge in [0.1, 0.15) is 5.82 Å². The summed E-state index contributed by atoms with van der Waals surface area (Å²) >= 11 is 3.46. The third kappa shape index (κ3) is 3.02.